The van der Waals surface area contributed by atoms with Crippen LogP contribution in [0, 0.1) is 21.7 Å². The SMILES string of the molecule is CC12C=CC(C)(C=C3C(=C1)C1(C)C=CC=CC3(C)C1)C2. The smallest absolute Gasteiger partial charge is 0.0118 e. The van der Waals surface area contributed by atoms with Gasteiger partial charge in [-0.3, -0.25) is 0 Å². The molecule has 0 spiro atoms. The summed E-state index contributed by atoms with van der Waals surface area (Å²) < 4.78 is 0. The van der Waals surface area contributed by atoms with E-state index in [1.807, 2.05) is 0 Å². The summed E-state index contributed by atoms with van der Waals surface area (Å²) in [5.74, 6) is 0. The highest BCUT2D eigenvalue weighted by Gasteiger charge is 2.52. The summed E-state index contributed by atoms with van der Waals surface area (Å²) in [6, 6.07) is 0. The summed E-state index contributed by atoms with van der Waals surface area (Å²) >= 11 is 0. The third kappa shape index (κ3) is 1.48. The van der Waals surface area contributed by atoms with Crippen LogP contribution in [-0.2, 0) is 0 Å². The van der Waals surface area contributed by atoms with Gasteiger partial charge in [0.15, 0.2) is 0 Å². The number of hydrogen-bond donors (Lipinski definition) is 0. The molecule has 0 aromatic carbocycles. The minimum atomic E-state index is 0.196. The quantitative estimate of drug-likeness (QED) is 0.516. The Bertz CT molecular complexity index is 587. The summed E-state index contributed by atoms with van der Waals surface area (Å²) in [6.07, 6.45) is 21.7. The largest absolute Gasteiger partial charge is 0.0779 e. The maximum atomic E-state index is 2.57. The summed E-state index contributed by atoms with van der Waals surface area (Å²) in [5.41, 5.74) is 4.01. The van der Waals surface area contributed by atoms with Gasteiger partial charge in [0.2, 0.25) is 0 Å². The highest BCUT2D eigenvalue weighted by atomic mass is 14.6. The minimum Gasteiger partial charge on any atom is -0.0779 e. The van der Waals surface area contributed by atoms with Crippen molar-refractivity contribution in [2.75, 3.05) is 0 Å². The fourth-order valence-corrected chi connectivity index (χ4v) is 5.06. The Morgan fingerprint density at radius 2 is 1.10 bits per heavy atom. The Balaban J connectivity index is 2.02. The molecule has 4 bridgehead atoms. The Kier molecular flexibility index (Phi) is 2.05. The highest BCUT2D eigenvalue weighted by Crippen LogP contribution is 2.63. The van der Waals surface area contributed by atoms with Gasteiger partial charge in [0.05, 0.1) is 0 Å². The molecule has 4 aliphatic rings. The molecule has 4 atom stereocenters. The Morgan fingerprint density at radius 1 is 0.650 bits per heavy atom. The molecule has 4 aliphatic carbocycles. The second kappa shape index (κ2) is 3.30. The van der Waals surface area contributed by atoms with Gasteiger partial charge in [-0.05, 0) is 24.0 Å². The van der Waals surface area contributed by atoms with E-state index >= 15 is 0 Å². The molecule has 0 aromatic rings. The van der Waals surface area contributed by atoms with E-state index in [0.29, 0.717) is 0 Å². The van der Waals surface area contributed by atoms with Crippen molar-refractivity contribution >= 4 is 0 Å². The first kappa shape index (κ1) is 12.4. The van der Waals surface area contributed by atoms with Gasteiger partial charge in [0.25, 0.3) is 0 Å². The second-order valence-corrected chi connectivity index (χ2v) is 8.37. The van der Waals surface area contributed by atoms with Gasteiger partial charge < -0.3 is 0 Å². The van der Waals surface area contributed by atoms with Gasteiger partial charge in [-0.25, -0.2) is 0 Å². The lowest BCUT2D eigenvalue weighted by atomic mass is 9.76. The molecule has 0 aliphatic heterocycles. The summed E-state index contributed by atoms with van der Waals surface area (Å²) in [6.45, 7) is 9.60. The van der Waals surface area contributed by atoms with Crippen LogP contribution in [0.25, 0.3) is 0 Å². The number of allylic oxidation sites excluding steroid dienone is 10. The van der Waals surface area contributed by atoms with Crippen LogP contribution in [0.2, 0.25) is 0 Å². The molecule has 0 heteroatoms. The minimum absolute atomic E-state index is 0.196. The average molecular weight is 264 g/mol. The summed E-state index contributed by atoms with van der Waals surface area (Å²) in [5, 5.41) is 0. The van der Waals surface area contributed by atoms with E-state index in [2.05, 4.69) is 76.3 Å². The predicted octanol–water partition coefficient (Wildman–Crippen LogP) is 5.37. The lowest BCUT2D eigenvalue weighted by Gasteiger charge is -2.27. The maximum absolute atomic E-state index is 2.57. The molecule has 0 saturated heterocycles. The van der Waals surface area contributed by atoms with Gasteiger partial charge >= 0.3 is 0 Å². The summed E-state index contributed by atoms with van der Waals surface area (Å²) in [4.78, 5) is 0. The van der Waals surface area contributed by atoms with Crippen molar-refractivity contribution in [1.29, 1.82) is 0 Å². The normalized spacial score (nSPS) is 51.4. The van der Waals surface area contributed by atoms with Crippen LogP contribution in [0.1, 0.15) is 40.5 Å². The number of rotatable bonds is 0. The van der Waals surface area contributed by atoms with Gasteiger partial charge in [-0.2, -0.15) is 0 Å². The molecule has 0 nitrogen and oxygen atoms in total. The molecule has 0 heterocycles. The number of fused-ring (bicyclic) bond motifs is 7. The van der Waals surface area contributed by atoms with Gasteiger partial charge in [0.1, 0.15) is 0 Å². The van der Waals surface area contributed by atoms with E-state index in [-0.39, 0.29) is 21.7 Å². The van der Waals surface area contributed by atoms with Crippen LogP contribution < -0.4 is 0 Å². The lowest BCUT2D eigenvalue weighted by Crippen LogP contribution is -2.17. The molecule has 4 unspecified atom stereocenters. The van der Waals surface area contributed by atoms with Crippen LogP contribution in [0.5, 0.6) is 0 Å². The van der Waals surface area contributed by atoms with Crippen molar-refractivity contribution in [2.24, 2.45) is 21.7 Å². The summed E-state index contributed by atoms with van der Waals surface area (Å²) in [7, 11) is 0. The zero-order valence-electron chi connectivity index (χ0n) is 13.0. The van der Waals surface area contributed by atoms with E-state index in [4.69, 9.17) is 0 Å². The van der Waals surface area contributed by atoms with E-state index in [1.54, 1.807) is 11.1 Å². The van der Waals surface area contributed by atoms with Crippen molar-refractivity contribution in [3.8, 4) is 0 Å². The molecule has 0 N–H and O–H groups in total. The number of hydrogen-bond acceptors (Lipinski definition) is 0. The van der Waals surface area contributed by atoms with Gasteiger partial charge in [0, 0.05) is 21.7 Å². The van der Waals surface area contributed by atoms with Crippen LogP contribution in [0.4, 0.5) is 0 Å². The van der Waals surface area contributed by atoms with Crippen molar-refractivity contribution in [3.05, 3.63) is 59.8 Å². The maximum Gasteiger partial charge on any atom is 0.0118 e. The highest BCUT2D eigenvalue weighted by molar-refractivity contribution is 5.57. The first-order valence-electron chi connectivity index (χ1n) is 7.81. The molecule has 0 aromatic heterocycles. The van der Waals surface area contributed by atoms with Gasteiger partial charge in [-0.15, -0.1) is 0 Å². The first-order chi connectivity index (χ1) is 9.26. The molecule has 0 radical (unpaired) electrons. The Labute approximate surface area is 122 Å². The molecular formula is C20H24. The van der Waals surface area contributed by atoms with Crippen molar-refractivity contribution < 1.29 is 0 Å². The Morgan fingerprint density at radius 3 is 1.55 bits per heavy atom. The standard InChI is InChI=1S/C20H24/c1-17-9-10-18(2,13-17)12-16-15(11-17)19(3)7-5-6-8-20(16,4)14-19/h5-12H,13-14H2,1-4H3. The van der Waals surface area contributed by atoms with Crippen LogP contribution in [0.3, 0.4) is 0 Å². The second-order valence-electron chi connectivity index (χ2n) is 8.37. The van der Waals surface area contributed by atoms with Crippen molar-refractivity contribution in [1.82, 2.24) is 0 Å². The first-order valence-corrected chi connectivity index (χ1v) is 7.81. The molecular weight excluding hydrogens is 240 g/mol. The third-order valence-electron chi connectivity index (χ3n) is 5.85. The van der Waals surface area contributed by atoms with Gasteiger partial charge in [-0.1, -0.05) is 76.3 Å². The topological polar surface area (TPSA) is 0 Å². The lowest BCUT2D eigenvalue weighted by molar-refractivity contribution is 0.379. The van der Waals surface area contributed by atoms with Crippen LogP contribution in [-0.4, -0.2) is 0 Å². The molecule has 0 amide bonds. The average Bonchev–Trinajstić information content (AvgIpc) is 2.60. The molecule has 4 rings (SSSR count). The fourth-order valence-electron chi connectivity index (χ4n) is 5.06. The molecule has 104 valence electrons. The van der Waals surface area contributed by atoms with E-state index < -0.39 is 0 Å². The zero-order chi connectivity index (χ0) is 14.2. The van der Waals surface area contributed by atoms with E-state index in [0.717, 1.165) is 0 Å². The molecule has 1 saturated carbocycles. The monoisotopic (exact) mass is 264 g/mol. The molecule has 20 heavy (non-hydrogen) atoms. The van der Waals surface area contributed by atoms with Crippen LogP contribution in [0.15, 0.2) is 59.8 Å². The third-order valence-corrected chi connectivity index (χ3v) is 5.85. The fraction of sp³-hybridized carbons (Fsp3) is 0.500. The predicted molar refractivity (Wildman–Crippen MR) is 85.2 cm³/mol. The van der Waals surface area contributed by atoms with Crippen LogP contribution >= 0.6 is 0 Å². The van der Waals surface area contributed by atoms with Crippen molar-refractivity contribution in [2.45, 2.75) is 40.5 Å². The Hall–Kier alpha value is -1.30. The van der Waals surface area contributed by atoms with Crippen molar-refractivity contribution in [3.63, 3.8) is 0 Å². The van der Waals surface area contributed by atoms with E-state index in [1.165, 1.54) is 12.8 Å². The molecule has 1 fully saturated rings. The van der Waals surface area contributed by atoms with E-state index in [9.17, 15) is 0 Å². The zero-order valence-corrected chi connectivity index (χ0v) is 13.0.